The first kappa shape index (κ1) is 136. The predicted octanol–water partition coefficient (Wildman–Crippen LogP) is 41.8. The summed E-state index contributed by atoms with van der Waals surface area (Å²) < 4.78 is 10.8. The van der Waals surface area contributed by atoms with Crippen LogP contribution in [-0.4, -0.2) is 11.9 Å². The van der Waals surface area contributed by atoms with Gasteiger partial charge in [0.05, 0.1) is 11.5 Å². The second-order valence-electron chi connectivity index (χ2n) is 32.6. The molecule has 0 aliphatic heterocycles. The Morgan fingerprint density at radius 3 is 0.739 bits per heavy atom. The van der Waals surface area contributed by atoms with Crippen LogP contribution in [0.1, 0.15) is 412 Å². The van der Waals surface area contributed by atoms with Gasteiger partial charge in [-0.2, -0.15) is 0 Å². The number of aryl methyl sites for hydroxylation is 12. The van der Waals surface area contributed by atoms with Crippen molar-refractivity contribution in [2.24, 2.45) is 29.6 Å². The van der Waals surface area contributed by atoms with Crippen molar-refractivity contribution in [3.8, 4) is 45.6 Å². The van der Waals surface area contributed by atoms with Crippen molar-refractivity contribution >= 4 is 11.9 Å². The number of carbonyl (C=O) groups is 2. The molecule has 764 valence electrons. The molecule has 3 fully saturated rings. The topological polar surface area (TPSA) is 52.6 Å². The highest BCUT2D eigenvalue weighted by Gasteiger charge is 2.26. The molecule has 0 bridgehead atoms. The number of benzene rings is 11. The third-order valence-corrected chi connectivity index (χ3v) is 23.1. The first-order chi connectivity index (χ1) is 67.2. The molecule has 3 saturated carbocycles. The fourth-order valence-electron chi connectivity index (χ4n) is 14.3. The Labute approximate surface area is 853 Å². The van der Waals surface area contributed by atoms with Gasteiger partial charge in [0.25, 0.3) is 0 Å². The summed E-state index contributed by atoms with van der Waals surface area (Å²) in [6.07, 6.45) is 24.8. The lowest BCUT2D eigenvalue weighted by molar-refractivity contribution is -0.140. The maximum atomic E-state index is 12.0. The molecular formula is C134H204O4. The molecule has 0 saturated heterocycles. The Morgan fingerprint density at radius 2 is 0.457 bits per heavy atom. The number of hydrogen-bond donors (Lipinski definition) is 0. The first-order valence-corrected chi connectivity index (χ1v) is 55.0. The lowest BCUT2D eigenvalue weighted by Gasteiger charge is -2.26. The number of rotatable bonds is 15. The number of ether oxygens (including phenoxy) is 2. The van der Waals surface area contributed by atoms with Crippen LogP contribution in [0.15, 0.2) is 267 Å². The van der Waals surface area contributed by atoms with E-state index >= 15 is 0 Å². The van der Waals surface area contributed by atoms with Gasteiger partial charge in [0, 0.05) is 11.1 Å². The highest BCUT2D eigenvalue weighted by atomic mass is 16.5. The third-order valence-electron chi connectivity index (χ3n) is 23.1. The molecule has 0 amide bonds. The Kier molecular flexibility index (Phi) is 90.9. The van der Waals surface area contributed by atoms with Crippen molar-refractivity contribution in [1.82, 2.24) is 0 Å². The largest absolute Gasteiger partial charge is 0.426 e. The minimum atomic E-state index is -0.320. The zero-order valence-corrected chi connectivity index (χ0v) is 95.6. The van der Waals surface area contributed by atoms with Gasteiger partial charge in [-0.25, -0.2) is 4.79 Å². The summed E-state index contributed by atoms with van der Waals surface area (Å²) in [5.74, 6) is 12.0. The van der Waals surface area contributed by atoms with Crippen molar-refractivity contribution < 1.29 is 19.1 Å². The molecule has 4 nitrogen and oxygen atoms in total. The van der Waals surface area contributed by atoms with Crippen LogP contribution in [0.2, 0.25) is 0 Å². The summed E-state index contributed by atoms with van der Waals surface area (Å²) in [5.41, 5.74) is 25.3. The summed E-state index contributed by atoms with van der Waals surface area (Å²) in [5, 5.41) is 0. The van der Waals surface area contributed by atoms with E-state index in [0.29, 0.717) is 17.1 Å². The highest BCUT2D eigenvalue weighted by molar-refractivity contribution is 5.91. The minimum absolute atomic E-state index is 0.0499. The Hall–Kier alpha value is -10.1. The van der Waals surface area contributed by atoms with Gasteiger partial charge in [-0.15, -0.1) is 0 Å². The van der Waals surface area contributed by atoms with Crippen molar-refractivity contribution in [2.75, 3.05) is 0 Å². The Bertz CT molecular complexity index is 4470. The standard InChI is InChI=1S/C17H16.C16H22O2.C16H16O2.C15H22.2C15H16.C9H18.C9H12.11C2H6/c1-3-15-8-10-17(11-9-15)13-12-16-6-4-14(2)5-7-16;2*1-3-13-6-10-15(11-7-13)18-16(17)14-8-4-12(2)5-9-14;3*1-3-13-6-10-15(11-7-13)14-8-4-12(2)5-9-14;2*1-3-9-6-4-8(2)5-7-9;11*1-2/h4-11H,3H2,1-2H3;6-7,10-12,14H,3-5,8-9H2,1-2H3;4-11H,3H2,1-2H3;6-7,10-12,14H,3-5,8-9H2,1-2H3;2*4-11H,3H2,1-2H3;8-9H,3-7H2,1-2H3;4-7H,3H2,1-2H3;11*1-2H3. The molecule has 0 heterocycles. The molecule has 3 aliphatic carbocycles. The van der Waals surface area contributed by atoms with Gasteiger partial charge in [0.15, 0.2) is 0 Å². The molecule has 138 heavy (non-hydrogen) atoms. The zero-order valence-electron chi connectivity index (χ0n) is 95.6. The number of carbonyl (C=O) groups excluding carboxylic acids is 2. The van der Waals surface area contributed by atoms with Crippen molar-refractivity contribution in [2.45, 2.75) is 397 Å². The fraction of sp³-hybridized carbons (Fsp3) is 0.478. The van der Waals surface area contributed by atoms with Crippen LogP contribution in [0.5, 0.6) is 11.5 Å². The molecule has 0 N–H and O–H groups in total. The normalized spacial score (nSPS) is 14.2. The van der Waals surface area contributed by atoms with Crippen LogP contribution < -0.4 is 9.47 Å². The van der Waals surface area contributed by atoms with E-state index in [9.17, 15) is 9.59 Å². The van der Waals surface area contributed by atoms with E-state index in [4.69, 9.17) is 9.47 Å². The molecule has 11 aromatic carbocycles. The van der Waals surface area contributed by atoms with Crippen molar-refractivity contribution in [1.29, 1.82) is 0 Å². The van der Waals surface area contributed by atoms with Gasteiger partial charge in [-0.3, -0.25) is 4.79 Å². The second-order valence-corrected chi connectivity index (χ2v) is 32.6. The minimum Gasteiger partial charge on any atom is -0.426 e. The van der Waals surface area contributed by atoms with E-state index in [-0.39, 0.29) is 17.9 Å². The second kappa shape index (κ2) is 92.0. The summed E-state index contributed by atoms with van der Waals surface area (Å²) in [6.45, 7) is 78.9. The number of esters is 2. The third kappa shape index (κ3) is 61.4. The van der Waals surface area contributed by atoms with Gasteiger partial charge in [-0.1, -0.05) is 519 Å². The summed E-state index contributed by atoms with van der Waals surface area (Å²) in [6, 6.07) is 92.4. The average molecular weight is 1880 g/mol. The van der Waals surface area contributed by atoms with Crippen molar-refractivity contribution in [3.05, 3.63) is 356 Å². The van der Waals surface area contributed by atoms with E-state index in [1.807, 2.05) is 220 Å². The fourth-order valence-corrected chi connectivity index (χ4v) is 14.3. The van der Waals surface area contributed by atoms with Gasteiger partial charge < -0.3 is 9.47 Å². The molecule has 0 aromatic heterocycles. The van der Waals surface area contributed by atoms with Gasteiger partial charge in [0.2, 0.25) is 0 Å². The van der Waals surface area contributed by atoms with E-state index in [0.717, 1.165) is 117 Å². The monoisotopic (exact) mass is 1880 g/mol. The summed E-state index contributed by atoms with van der Waals surface area (Å²) >= 11 is 0. The maximum absolute atomic E-state index is 12.0. The summed E-state index contributed by atoms with van der Waals surface area (Å²) in [7, 11) is 0. The molecule has 3 aliphatic rings. The molecule has 0 atom stereocenters. The van der Waals surface area contributed by atoms with Crippen LogP contribution in [0.3, 0.4) is 0 Å². The maximum Gasteiger partial charge on any atom is 0.343 e. The van der Waals surface area contributed by atoms with Crippen molar-refractivity contribution in [3.63, 3.8) is 0 Å². The van der Waals surface area contributed by atoms with Crippen LogP contribution in [0, 0.1) is 76.0 Å². The van der Waals surface area contributed by atoms with E-state index in [1.54, 1.807) is 17.7 Å². The Balaban J connectivity index is -0.000000477. The molecule has 0 radical (unpaired) electrons. The SMILES string of the molecule is CC.CC.CC.CC.CC.CC.CC.CC.CC.CC.CC.CCC1CCC(C)CC1.CCc1ccc(-c2ccc(C)cc2)cc1.CCc1ccc(-c2ccc(C)cc2)cc1.CCc1ccc(C#Cc2ccc(C)cc2)cc1.CCc1ccc(C)cc1.CCc1ccc(C2CCC(C)CC2)cc1.CCc1ccc(OC(=O)C2CCC(C)CC2)cc1.CCc1ccc(OC(=O)c2ccc(C)cc2)cc1. The highest BCUT2D eigenvalue weighted by Crippen LogP contribution is 2.36. The van der Waals surface area contributed by atoms with E-state index < -0.39 is 0 Å². The molecule has 4 heteroatoms. The lowest BCUT2D eigenvalue weighted by Crippen LogP contribution is -2.24. The molecular weight excluding hydrogens is 1670 g/mol. The Morgan fingerprint density at radius 1 is 0.246 bits per heavy atom. The lowest BCUT2D eigenvalue weighted by atomic mass is 9.79. The van der Waals surface area contributed by atoms with Crippen LogP contribution in [-0.2, 0) is 49.7 Å². The molecule has 14 rings (SSSR count). The quantitative estimate of drug-likeness (QED) is 0.0583. The zero-order chi connectivity index (χ0) is 105. The molecule has 0 unspecified atom stereocenters. The molecule has 0 spiro atoms. The molecule has 11 aromatic rings. The van der Waals surface area contributed by atoms with E-state index in [2.05, 4.69) is 310 Å². The average Bonchev–Trinajstić information content (AvgIpc) is 0.861. The van der Waals surface area contributed by atoms with Crippen LogP contribution in [0.25, 0.3) is 22.3 Å². The number of hydrogen-bond acceptors (Lipinski definition) is 4. The van der Waals surface area contributed by atoms with Gasteiger partial charge >= 0.3 is 11.9 Å². The summed E-state index contributed by atoms with van der Waals surface area (Å²) in [4.78, 5) is 23.9. The smallest absolute Gasteiger partial charge is 0.343 e. The predicted molar refractivity (Wildman–Crippen MR) is 622 cm³/mol. The van der Waals surface area contributed by atoms with Crippen LogP contribution in [0.4, 0.5) is 0 Å². The van der Waals surface area contributed by atoms with Crippen LogP contribution >= 0.6 is 0 Å². The van der Waals surface area contributed by atoms with Gasteiger partial charge in [-0.05, 0) is 275 Å². The first-order valence-electron chi connectivity index (χ1n) is 55.0. The van der Waals surface area contributed by atoms with E-state index in [1.165, 1.54) is 141 Å². The van der Waals surface area contributed by atoms with Gasteiger partial charge in [0.1, 0.15) is 11.5 Å².